The van der Waals surface area contributed by atoms with Gasteiger partial charge in [-0.2, -0.15) is 5.26 Å². The molecule has 17 heavy (non-hydrogen) atoms. The molecule has 1 aromatic carbocycles. The number of primary amides is 1. The second kappa shape index (κ2) is 6.21. The molecular formula is C11H12ClN3O2. The first-order valence-electron chi connectivity index (χ1n) is 4.91. The maximum Gasteiger partial charge on any atom is 0.247 e. The van der Waals surface area contributed by atoms with Crippen LogP contribution in [0.25, 0.3) is 0 Å². The van der Waals surface area contributed by atoms with Crippen molar-refractivity contribution in [1.29, 1.82) is 5.26 Å². The minimum absolute atomic E-state index is 0.0612. The van der Waals surface area contributed by atoms with E-state index in [-0.39, 0.29) is 6.54 Å². The van der Waals surface area contributed by atoms with Crippen LogP contribution < -0.4 is 11.1 Å². The van der Waals surface area contributed by atoms with E-state index in [1.54, 1.807) is 18.2 Å². The topological polar surface area (TPSA) is 99.1 Å². The van der Waals surface area contributed by atoms with Crippen molar-refractivity contribution in [2.45, 2.75) is 12.6 Å². The van der Waals surface area contributed by atoms with Gasteiger partial charge < -0.3 is 16.2 Å². The van der Waals surface area contributed by atoms with Crippen molar-refractivity contribution in [2.24, 2.45) is 5.73 Å². The van der Waals surface area contributed by atoms with Crippen LogP contribution in [0.4, 0.5) is 0 Å². The maximum atomic E-state index is 10.6. The Balaban J connectivity index is 2.53. The zero-order chi connectivity index (χ0) is 12.8. The number of nitriles is 1. The average molecular weight is 254 g/mol. The molecule has 90 valence electrons. The highest BCUT2D eigenvalue weighted by molar-refractivity contribution is 6.31. The Morgan fingerprint density at radius 1 is 1.65 bits per heavy atom. The highest BCUT2D eigenvalue weighted by Crippen LogP contribution is 2.17. The normalized spacial score (nSPS) is 11.8. The SMILES string of the molecule is N#Cc1ccc(CNCC(O)C(N)=O)c(Cl)c1. The van der Waals surface area contributed by atoms with Crippen LogP contribution in [-0.2, 0) is 11.3 Å². The molecule has 1 atom stereocenters. The summed E-state index contributed by atoms with van der Waals surface area (Å²) in [5, 5.41) is 21.1. The Morgan fingerprint density at radius 2 is 2.35 bits per heavy atom. The van der Waals surface area contributed by atoms with Gasteiger partial charge in [0.15, 0.2) is 0 Å². The van der Waals surface area contributed by atoms with Crippen molar-refractivity contribution in [1.82, 2.24) is 5.32 Å². The van der Waals surface area contributed by atoms with Crippen molar-refractivity contribution in [3.8, 4) is 6.07 Å². The largest absolute Gasteiger partial charge is 0.382 e. The van der Waals surface area contributed by atoms with Gasteiger partial charge >= 0.3 is 0 Å². The first-order valence-corrected chi connectivity index (χ1v) is 5.29. The van der Waals surface area contributed by atoms with Crippen molar-refractivity contribution < 1.29 is 9.90 Å². The van der Waals surface area contributed by atoms with Crippen molar-refractivity contribution in [3.05, 3.63) is 34.3 Å². The molecule has 0 saturated carbocycles. The summed E-state index contributed by atoms with van der Waals surface area (Å²) in [5.74, 6) is -0.775. The fourth-order valence-corrected chi connectivity index (χ4v) is 1.45. The highest BCUT2D eigenvalue weighted by atomic mass is 35.5. The van der Waals surface area contributed by atoms with Gasteiger partial charge in [-0.05, 0) is 17.7 Å². The molecule has 0 aromatic heterocycles. The van der Waals surface area contributed by atoms with E-state index in [2.05, 4.69) is 5.32 Å². The Labute approximate surface area is 104 Å². The third-order valence-electron chi connectivity index (χ3n) is 2.16. The molecule has 4 N–H and O–H groups in total. The van der Waals surface area contributed by atoms with E-state index in [1.807, 2.05) is 6.07 Å². The van der Waals surface area contributed by atoms with E-state index >= 15 is 0 Å². The molecule has 1 rings (SSSR count). The van der Waals surface area contributed by atoms with Crippen LogP contribution in [0.3, 0.4) is 0 Å². The summed E-state index contributed by atoms with van der Waals surface area (Å²) in [5.41, 5.74) is 6.15. The maximum absolute atomic E-state index is 10.6. The fourth-order valence-electron chi connectivity index (χ4n) is 1.20. The van der Waals surface area contributed by atoms with Gasteiger partial charge in [-0.1, -0.05) is 17.7 Å². The van der Waals surface area contributed by atoms with Gasteiger partial charge in [0.05, 0.1) is 11.6 Å². The third kappa shape index (κ3) is 4.04. The summed E-state index contributed by atoms with van der Waals surface area (Å²) in [7, 11) is 0. The van der Waals surface area contributed by atoms with Crippen molar-refractivity contribution in [3.63, 3.8) is 0 Å². The number of carbonyl (C=O) groups excluding carboxylic acids is 1. The molecule has 1 amide bonds. The predicted octanol–water partition coefficient (Wildman–Crippen LogP) is 0.147. The number of halogens is 1. The number of nitrogens with two attached hydrogens (primary N) is 1. The Bertz CT molecular complexity index is 457. The minimum atomic E-state index is -1.22. The smallest absolute Gasteiger partial charge is 0.247 e. The van der Waals surface area contributed by atoms with Crippen LogP contribution in [-0.4, -0.2) is 23.7 Å². The summed E-state index contributed by atoms with van der Waals surface area (Å²) < 4.78 is 0. The lowest BCUT2D eigenvalue weighted by molar-refractivity contribution is -0.125. The Morgan fingerprint density at radius 3 is 2.88 bits per heavy atom. The summed E-state index contributed by atoms with van der Waals surface area (Å²) in [6.07, 6.45) is -1.22. The van der Waals surface area contributed by atoms with Gasteiger partial charge in [0.2, 0.25) is 5.91 Å². The number of nitrogens with zero attached hydrogens (tertiary/aromatic N) is 1. The van der Waals surface area contributed by atoms with E-state index < -0.39 is 12.0 Å². The number of aliphatic hydroxyl groups is 1. The number of hydrogen-bond donors (Lipinski definition) is 3. The molecule has 0 heterocycles. The van der Waals surface area contributed by atoms with Gasteiger partial charge in [0.25, 0.3) is 0 Å². The van der Waals surface area contributed by atoms with Crippen LogP contribution >= 0.6 is 11.6 Å². The second-order valence-electron chi connectivity index (χ2n) is 3.47. The molecule has 1 aromatic rings. The van der Waals surface area contributed by atoms with Gasteiger partial charge in [0, 0.05) is 18.1 Å². The predicted molar refractivity (Wildman–Crippen MR) is 63.1 cm³/mol. The molecule has 1 unspecified atom stereocenters. The molecule has 0 fully saturated rings. The molecule has 0 radical (unpaired) electrons. The number of amides is 1. The molecule has 6 heteroatoms. The van der Waals surface area contributed by atoms with Crippen LogP contribution in [0.15, 0.2) is 18.2 Å². The van der Waals surface area contributed by atoms with Gasteiger partial charge in [-0.25, -0.2) is 0 Å². The number of hydrogen-bond acceptors (Lipinski definition) is 4. The summed E-state index contributed by atoms with van der Waals surface area (Å²) >= 11 is 5.94. The molecule has 0 saturated heterocycles. The number of rotatable bonds is 5. The highest BCUT2D eigenvalue weighted by Gasteiger charge is 2.10. The van der Waals surface area contributed by atoms with Gasteiger partial charge in [-0.3, -0.25) is 4.79 Å². The molecule has 0 spiro atoms. The van der Waals surface area contributed by atoms with E-state index in [0.29, 0.717) is 17.1 Å². The van der Waals surface area contributed by atoms with E-state index in [0.717, 1.165) is 5.56 Å². The van der Waals surface area contributed by atoms with Gasteiger partial charge in [0.1, 0.15) is 6.10 Å². The molecular weight excluding hydrogens is 242 g/mol. The van der Waals surface area contributed by atoms with Crippen LogP contribution in [0, 0.1) is 11.3 Å². The zero-order valence-corrected chi connectivity index (χ0v) is 9.74. The van der Waals surface area contributed by atoms with E-state index in [1.165, 1.54) is 0 Å². The van der Waals surface area contributed by atoms with Crippen LogP contribution in [0.2, 0.25) is 5.02 Å². The lowest BCUT2D eigenvalue weighted by Gasteiger charge is -2.09. The number of aliphatic hydroxyl groups excluding tert-OH is 1. The first-order chi connectivity index (χ1) is 8.04. The van der Waals surface area contributed by atoms with E-state index in [4.69, 9.17) is 27.7 Å². The second-order valence-corrected chi connectivity index (χ2v) is 3.87. The molecule has 0 aliphatic rings. The Kier molecular flexibility index (Phi) is 4.91. The number of carbonyl (C=O) groups is 1. The van der Waals surface area contributed by atoms with E-state index in [9.17, 15) is 4.79 Å². The van der Waals surface area contributed by atoms with Crippen molar-refractivity contribution >= 4 is 17.5 Å². The molecule has 0 aliphatic heterocycles. The Hall–Kier alpha value is -1.61. The summed E-state index contributed by atoms with van der Waals surface area (Å²) in [6, 6.07) is 6.90. The average Bonchev–Trinajstić information content (AvgIpc) is 2.30. The molecule has 0 bridgehead atoms. The third-order valence-corrected chi connectivity index (χ3v) is 2.52. The lowest BCUT2D eigenvalue weighted by atomic mass is 10.1. The first kappa shape index (κ1) is 13.5. The monoisotopic (exact) mass is 253 g/mol. The lowest BCUT2D eigenvalue weighted by Crippen LogP contribution is -2.37. The summed E-state index contributed by atoms with van der Waals surface area (Å²) in [4.78, 5) is 10.6. The van der Waals surface area contributed by atoms with Crippen LogP contribution in [0.5, 0.6) is 0 Å². The number of benzene rings is 1. The number of nitrogens with one attached hydrogen (secondary N) is 1. The quantitative estimate of drug-likeness (QED) is 0.695. The van der Waals surface area contributed by atoms with Gasteiger partial charge in [-0.15, -0.1) is 0 Å². The zero-order valence-electron chi connectivity index (χ0n) is 8.98. The minimum Gasteiger partial charge on any atom is -0.382 e. The van der Waals surface area contributed by atoms with Crippen LogP contribution in [0.1, 0.15) is 11.1 Å². The molecule has 0 aliphatic carbocycles. The standard InChI is InChI=1S/C11H12ClN3O2/c12-9-3-7(4-13)1-2-8(9)5-15-6-10(16)11(14)17/h1-3,10,15-16H,5-6H2,(H2,14,17). The van der Waals surface area contributed by atoms with Crippen molar-refractivity contribution in [2.75, 3.05) is 6.54 Å². The molecule has 5 nitrogen and oxygen atoms in total. The fraction of sp³-hybridized carbons (Fsp3) is 0.273. The summed E-state index contributed by atoms with van der Waals surface area (Å²) in [6.45, 7) is 0.445.